The lowest BCUT2D eigenvalue weighted by atomic mass is 10.4. The molecule has 0 aliphatic carbocycles. The van der Waals surface area contributed by atoms with E-state index in [0.717, 1.165) is 45.6 Å². The molecule has 1 rings (SSSR count). The van der Waals surface area contributed by atoms with Crippen molar-refractivity contribution in [2.75, 3.05) is 19.8 Å². The summed E-state index contributed by atoms with van der Waals surface area (Å²) in [7, 11) is 0. The van der Waals surface area contributed by atoms with Gasteiger partial charge in [-0.1, -0.05) is 13.8 Å². The third-order valence-electron chi connectivity index (χ3n) is 2.19. The molecule has 3 nitrogen and oxygen atoms in total. The standard InChI is InChI=1S/C12H22N2OS/c1-3-7-15-8-5-6-13-9-11-10-14-12(4-2)16-11/h10,13H,3-9H2,1-2H3. The van der Waals surface area contributed by atoms with Crippen LogP contribution in [-0.2, 0) is 17.7 Å². The average Bonchev–Trinajstić information content (AvgIpc) is 2.76. The van der Waals surface area contributed by atoms with Crippen molar-refractivity contribution in [2.45, 2.75) is 39.7 Å². The molecule has 0 saturated carbocycles. The average molecular weight is 242 g/mol. The zero-order chi connectivity index (χ0) is 11.6. The molecular formula is C12H22N2OS. The van der Waals surface area contributed by atoms with Gasteiger partial charge in [-0.05, 0) is 25.8 Å². The molecule has 0 fully saturated rings. The lowest BCUT2D eigenvalue weighted by Crippen LogP contribution is -2.15. The topological polar surface area (TPSA) is 34.1 Å². The van der Waals surface area contributed by atoms with Crippen molar-refractivity contribution in [2.24, 2.45) is 0 Å². The van der Waals surface area contributed by atoms with Crippen molar-refractivity contribution in [3.05, 3.63) is 16.1 Å². The summed E-state index contributed by atoms with van der Waals surface area (Å²) in [6, 6.07) is 0. The van der Waals surface area contributed by atoms with E-state index < -0.39 is 0 Å². The van der Waals surface area contributed by atoms with Gasteiger partial charge < -0.3 is 10.1 Å². The van der Waals surface area contributed by atoms with Gasteiger partial charge in [-0.2, -0.15) is 0 Å². The molecule has 0 unspecified atom stereocenters. The summed E-state index contributed by atoms with van der Waals surface area (Å²) in [6.07, 6.45) is 5.20. The van der Waals surface area contributed by atoms with Gasteiger partial charge in [-0.3, -0.25) is 0 Å². The smallest absolute Gasteiger partial charge is 0.0925 e. The van der Waals surface area contributed by atoms with Crippen LogP contribution in [-0.4, -0.2) is 24.7 Å². The fraction of sp³-hybridized carbons (Fsp3) is 0.750. The molecule has 0 aliphatic heterocycles. The van der Waals surface area contributed by atoms with E-state index in [1.54, 1.807) is 11.3 Å². The number of rotatable bonds is 9. The van der Waals surface area contributed by atoms with E-state index in [1.807, 2.05) is 6.20 Å². The lowest BCUT2D eigenvalue weighted by molar-refractivity contribution is 0.132. The van der Waals surface area contributed by atoms with Crippen molar-refractivity contribution in [1.82, 2.24) is 10.3 Å². The van der Waals surface area contributed by atoms with E-state index in [4.69, 9.17) is 4.74 Å². The zero-order valence-corrected chi connectivity index (χ0v) is 11.1. The van der Waals surface area contributed by atoms with Gasteiger partial charge >= 0.3 is 0 Å². The molecule has 0 aliphatic rings. The van der Waals surface area contributed by atoms with Crippen molar-refractivity contribution < 1.29 is 4.74 Å². The minimum Gasteiger partial charge on any atom is -0.381 e. The first kappa shape index (κ1) is 13.6. The van der Waals surface area contributed by atoms with Gasteiger partial charge in [-0.15, -0.1) is 11.3 Å². The first-order chi connectivity index (χ1) is 7.86. The molecular weight excluding hydrogens is 220 g/mol. The Hall–Kier alpha value is -0.450. The molecule has 0 spiro atoms. The molecule has 16 heavy (non-hydrogen) atoms. The first-order valence-corrected chi connectivity index (χ1v) is 6.90. The van der Waals surface area contributed by atoms with E-state index in [0.29, 0.717) is 0 Å². The van der Waals surface area contributed by atoms with Crippen molar-refractivity contribution in [3.8, 4) is 0 Å². The summed E-state index contributed by atoms with van der Waals surface area (Å²) in [5, 5.41) is 4.63. The quantitative estimate of drug-likeness (QED) is 0.676. The molecule has 0 radical (unpaired) electrons. The Morgan fingerprint density at radius 3 is 2.94 bits per heavy atom. The van der Waals surface area contributed by atoms with Gasteiger partial charge in [-0.25, -0.2) is 4.98 Å². The molecule has 0 aromatic carbocycles. The highest BCUT2D eigenvalue weighted by atomic mass is 32.1. The molecule has 4 heteroatoms. The molecule has 1 N–H and O–H groups in total. The summed E-state index contributed by atoms with van der Waals surface area (Å²) in [4.78, 5) is 5.65. The second kappa shape index (κ2) is 8.67. The van der Waals surface area contributed by atoms with Crippen LogP contribution in [0.2, 0.25) is 0 Å². The maximum Gasteiger partial charge on any atom is 0.0925 e. The van der Waals surface area contributed by atoms with E-state index in [-0.39, 0.29) is 0 Å². The summed E-state index contributed by atoms with van der Waals surface area (Å²) in [5.41, 5.74) is 0. The maximum atomic E-state index is 5.41. The highest BCUT2D eigenvalue weighted by Crippen LogP contribution is 2.12. The normalized spacial score (nSPS) is 10.9. The van der Waals surface area contributed by atoms with Crippen LogP contribution in [0.3, 0.4) is 0 Å². The highest BCUT2D eigenvalue weighted by molar-refractivity contribution is 7.11. The number of nitrogens with zero attached hydrogens (tertiary/aromatic N) is 1. The molecule has 0 bridgehead atoms. The van der Waals surface area contributed by atoms with E-state index >= 15 is 0 Å². The Morgan fingerprint density at radius 2 is 2.25 bits per heavy atom. The molecule has 1 heterocycles. The summed E-state index contributed by atoms with van der Waals surface area (Å²) in [5.74, 6) is 0. The number of ether oxygens (including phenoxy) is 1. The van der Waals surface area contributed by atoms with Crippen LogP contribution in [0.4, 0.5) is 0 Å². The predicted molar refractivity (Wildman–Crippen MR) is 68.9 cm³/mol. The van der Waals surface area contributed by atoms with Gasteiger partial charge in [0, 0.05) is 30.8 Å². The number of thiazole rings is 1. The molecule has 1 aromatic rings. The van der Waals surface area contributed by atoms with Crippen LogP contribution in [0.15, 0.2) is 6.20 Å². The number of nitrogens with one attached hydrogen (secondary N) is 1. The van der Waals surface area contributed by atoms with Crippen LogP contribution in [0.5, 0.6) is 0 Å². The fourth-order valence-corrected chi connectivity index (χ4v) is 2.18. The summed E-state index contributed by atoms with van der Waals surface area (Å²) in [6.45, 7) is 7.97. The summed E-state index contributed by atoms with van der Waals surface area (Å²) < 4.78 is 5.41. The second-order valence-corrected chi connectivity index (χ2v) is 4.92. The number of aromatic nitrogens is 1. The zero-order valence-electron chi connectivity index (χ0n) is 10.3. The maximum absolute atomic E-state index is 5.41. The fourth-order valence-electron chi connectivity index (χ4n) is 1.35. The highest BCUT2D eigenvalue weighted by Gasteiger charge is 1.98. The number of hydrogen-bond acceptors (Lipinski definition) is 4. The van der Waals surface area contributed by atoms with Gasteiger partial charge in [0.1, 0.15) is 0 Å². The third kappa shape index (κ3) is 5.58. The van der Waals surface area contributed by atoms with E-state index in [2.05, 4.69) is 24.1 Å². The monoisotopic (exact) mass is 242 g/mol. The summed E-state index contributed by atoms with van der Waals surface area (Å²) >= 11 is 1.80. The largest absolute Gasteiger partial charge is 0.381 e. The molecule has 0 saturated heterocycles. The van der Waals surface area contributed by atoms with E-state index in [9.17, 15) is 0 Å². The van der Waals surface area contributed by atoms with Crippen LogP contribution in [0.1, 0.15) is 36.6 Å². The van der Waals surface area contributed by atoms with Crippen LogP contribution < -0.4 is 5.32 Å². The molecule has 1 aromatic heterocycles. The molecule has 0 atom stereocenters. The van der Waals surface area contributed by atoms with Gasteiger partial charge in [0.25, 0.3) is 0 Å². The lowest BCUT2D eigenvalue weighted by Gasteiger charge is -2.03. The second-order valence-electron chi connectivity index (χ2n) is 3.72. The van der Waals surface area contributed by atoms with Crippen molar-refractivity contribution in [1.29, 1.82) is 0 Å². The Labute approximate surface area is 102 Å². The Morgan fingerprint density at radius 1 is 1.38 bits per heavy atom. The number of aryl methyl sites for hydroxylation is 1. The third-order valence-corrected chi connectivity index (χ3v) is 3.34. The first-order valence-electron chi connectivity index (χ1n) is 6.08. The minimum atomic E-state index is 0.865. The van der Waals surface area contributed by atoms with Crippen LogP contribution >= 0.6 is 11.3 Å². The van der Waals surface area contributed by atoms with Crippen molar-refractivity contribution in [3.63, 3.8) is 0 Å². The Kier molecular flexibility index (Phi) is 7.38. The van der Waals surface area contributed by atoms with Gasteiger partial charge in [0.2, 0.25) is 0 Å². The molecule has 0 amide bonds. The van der Waals surface area contributed by atoms with Gasteiger partial charge in [0.15, 0.2) is 0 Å². The molecule has 92 valence electrons. The van der Waals surface area contributed by atoms with Gasteiger partial charge in [0.05, 0.1) is 5.01 Å². The Balaban J connectivity index is 1.98. The van der Waals surface area contributed by atoms with Crippen LogP contribution in [0.25, 0.3) is 0 Å². The number of hydrogen-bond donors (Lipinski definition) is 1. The van der Waals surface area contributed by atoms with E-state index in [1.165, 1.54) is 9.88 Å². The SMILES string of the molecule is CCCOCCCNCc1cnc(CC)s1. The van der Waals surface area contributed by atoms with Crippen LogP contribution in [0, 0.1) is 0 Å². The minimum absolute atomic E-state index is 0.865. The Bertz CT molecular complexity index is 276. The predicted octanol–water partition coefficient (Wildman–Crippen LogP) is 2.61. The van der Waals surface area contributed by atoms with Crippen molar-refractivity contribution >= 4 is 11.3 Å².